The lowest BCUT2D eigenvalue weighted by atomic mass is 9.88. The molecule has 11 N–H and O–H groups in total. The van der Waals surface area contributed by atoms with Crippen LogP contribution >= 0.6 is 0 Å². The maximum absolute atomic E-state index is 13.4. The third kappa shape index (κ3) is 19.4. The zero-order valence-corrected chi connectivity index (χ0v) is 72.6. The fraction of sp³-hybridized carbons (Fsp3) is 0.224. The van der Waals surface area contributed by atoms with Crippen molar-refractivity contribution in [3.8, 4) is 80.5 Å². The number of aromatic nitrogens is 6. The van der Waals surface area contributed by atoms with Gasteiger partial charge in [-0.2, -0.15) is 0 Å². The Bertz CT molecular complexity index is 6460. The quantitative estimate of drug-likeness (QED) is 0.0234. The van der Waals surface area contributed by atoms with Gasteiger partial charge in [-0.3, -0.25) is 89.5 Å². The summed E-state index contributed by atoms with van der Waals surface area (Å²) in [7, 11) is 0. The van der Waals surface area contributed by atoms with Crippen molar-refractivity contribution in [1.29, 1.82) is 0 Å². The number of phenols is 1. The van der Waals surface area contributed by atoms with Crippen LogP contribution in [-0.4, -0.2) is 195 Å². The van der Waals surface area contributed by atoms with Crippen LogP contribution in [0, 0.1) is 34.9 Å². The van der Waals surface area contributed by atoms with Crippen molar-refractivity contribution in [3.05, 3.63) is 298 Å². The second kappa shape index (κ2) is 38.5. The smallest absolute Gasteiger partial charge is 0.322 e. The summed E-state index contributed by atoms with van der Waals surface area (Å²) in [5.74, 6) is 8.18. The maximum Gasteiger partial charge on any atom is 0.322 e. The molecule has 16 amide bonds. The minimum atomic E-state index is -1.49. The number of urea groups is 4. The van der Waals surface area contributed by atoms with E-state index in [1.54, 1.807) is 183 Å². The molecule has 37 heteroatoms. The molecule has 3 aromatic heterocycles. The van der Waals surface area contributed by atoms with Gasteiger partial charge in [0.1, 0.15) is 55.2 Å². The van der Waals surface area contributed by atoms with E-state index in [1.807, 2.05) is 6.07 Å². The van der Waals surface area contributed by atoms with Gasteiger partial charge in [0.2, 0.25) is 0 Å². The number of carbonyl (C=O) groups excluding carboxylic acids is 12. The Morgan fingerprint density at radius 2 is 0.689 bits per heavy atom. The number of rotatable bonds is 22. The van der Waals surface area contributed by atoms with E-state index in [0.29, 0.717) is 85.4 Å². The molecule has 36 nitrogen and oxygen atoms in total. The molecule has 0 saturated carbocycles. The number of carbonyl (C=O) groups is 12. The van der Waals surface area contributed by atoms with Crippen LogP contribution < -0.4 is 56.7 Å². The Morgan fingerprint density at radius 1 is 0.370 bits per heavy atom. The fourth-order valence-corrected chi connectivity index (χ4v) is 16.7. The van der Waals surface area contributed by atoms with Crippen LogP contribution in [0.1, 0.15) is 113 Å². The molecule has 0 spiro atoms. The lowest BCUT2D eigenvalue weighted by Crippen LogP contribution is -2.52. The number of hydrogen-bond donors (Lipinski definition) is 11. The van der Waals surface area contributed by atoms with E-state index in [-0.39, 0.29) is 114 Å². The van der Waals surface area contributed by atoms with Crippen LogP contribution in [0.2, 0.25) is 0 Å². The van der Waals surface area contributed by atoms with Crippen molar-refractivity contribution in [2.45, 2.75) is 75.5 Å². The molecule has 682 valence electrons. The third-order valence-corrected chi connectivity index (χ3v) is 23.5. The van der Waals surface area contributed by atoms with Gasteiger partial charge >= 0.3 is 24.1 Å². The van der Waals surface area contributed by atoms with E-state index in [1.165, 1.54) is 56.0 Å². The Kier molecular flexibility index (Phi) is 26.0. The molecule has 11 aromatic rings. The first kappa shape index (κ1) is 91.1. The summed E-state index contributed by atoms with van der Waals surface area (Å²) in [6.07, 6.45) is 15.3. The van der Waals surface area contributed by atoms with Gasteiger partial charge in [-0.15, -0.1) is 0 Å². The van der Waals surface area contributed by atoms with Crippen LogP contribution in [-0.2, 0) is 67.5 Å². The average Bonchev–Trinajstić information content (AvgIpc) is 1.62. The number of fused-ring (bicyclic) bond motifs is 4. The van der Waals surface area contributed by atoms with Crippen molar-refractivity contribution in [1.82, 2.24) is 92.0 Å². The highest BCUT2D eigenvalue weighted by Crippen LogP contribution is 2.40. The monoisotopic (exact) mass is 1820 g/mol. The molecule has 0 bridgehead atoms. The van der Waals surface area contributed by atoms with Gasteiger partial charge in [0.15, 0.2) is 22.2 Å². The molecular weight excluding hydrogens is 1740 g/mol. The minimum Gasteiger partial charge on any atom is -0.508 e. The van der Waals surface area contributed by atoms with Gasteiger partial charge in [0.05, 0.1) is 68.5 Å². The molecule has 135 heavy (non-hydrogen) atoms. The summed E-state index contributed by atoms with van der Waals surface area (Å²) >= 11 is 0. The molecule has 0 aliphatic carbocycles. The number of amides is 16. The van der Waals surface area contributed by atoms with Crippen molar-refractivity contribution in [3.63, 3.8) is 0 Å². The van der Waals surface area contributed by atoms with Crippen LogP contribution in [0.3, 0.4) is 0 Å². The first-order chi connectivity index (χ1) is 65.0. The largest absolute Gasteiger partial charge is 0.508 e. The number of aliphatic hydroxyl groups excluding tert-OH is 2. The van der Waals surface area contributed by atoms with Gasteiger partial charge in [-0.1, -0.05) is 148 Å². The van der Waals surface area contributed by atoms with Crippen molar-refractivity contribution >= 4 is 71.4 Å². The highest BCUT2D eigenvalue weighted by Gasteiger charge is 2.55. The zero-order chi connectivity index (χ0) is 94.9. The summed E-state index contributed by atoms with van der Waals surface area (Å²) in [6, 6.07) is 44.2. The summed E-state index contributed by atoms with van der Waals surface area (Å²) in [4.78, 5) is 184. The lowest BCUT2D eigenvalue weighted by molar-refractivity contribution is -0.125. The standard InChI is InChI=1S/2C26H21N5O5.C24H26FN3O4.C22H17N5O4/c2*32-11-1-2-12-36-20-8-5-18-15-31(23(33)21(18)13-20)16-26(24(34)29-25(35)30-26)19-6-3-17(4-7-19)22-14-27-9-10-28-22;1-23(2,3)10-11-32-18-8-9-19-15(12-18)13-28(20(19)29)14-24(21(30)26-22(31)27-24)16-4-6-17(25)7-5-16;28-16-6-3-14-11-27(19(29)17(14)9-16)12-22(20(30)25-21(31)26-22)15-4-1-13(2-5-15)18-10-23-7-8-24-18/h2*3-10,13-14,32H,11-12,15-16H2,(H2,29,30,34,35);4-9,12H,10-11,13-14H2,1-3H3,(H2,26,27,30,31);1-10,28H,11-12H2,(H2,25,26,30,31)/t2*26-;24-;22-/m1000/s1. The minimum absolute atomic E-state index is 0.00447. The van der Waals surface area contributed by atoms with E-state index in [2.05, 4.69) is 117 Å². The van der Waals surface area contributed by atoms with Gasteiger partial charge in [-0.05, 0) is 123 Å². The second-order valence-corrected chi connectivity index (χ2v) is 33.5. The predicted molar refractivity (Wildman–Crippen MR) is 479 cm³/mol. The number of nitrogens with zero attached hydrogens (tertiary/aromatic N) is 10. The topological polar surface area (TPSA) is 480 Å². The highest BCUT2D eigenvalue weighted by molar-refractivity contribution is 6.12. The maximum atomic E-state index is 13.4. The van der Waals surface area contributed by atoms with Crippen molar-refractivity contribution < 1.29 is 91.5 Å². The Hall–Kier alpha value is -17.2. The van der Waals surface area contributed by atoms with E-state index < -0.39 is 75.7 Å². The number of nitrogens with one attached hydrogen (secondary N) is 8. The Balaban J connectivity index is 0.000000131. The molecule has 8 aromatic carbocycles. The molecule has 8 aliphatic heterocycles. The van der Waals surface area contributed by atoms with Gasteiger partial charge < -0.3 is 70.4 Å². The summed E-state index contributed by atoms with van der Waals surface area (Å²) < 4.78 is 30.4. The molecule has 19 rings (SSSR count). The van der Waals surface area contributed by atoms with Crippen LogP contribution in [0.15, 0.2) is 226 Å². The first-order valence-electron chi connectivity index (χ1n) is 42.3. The van der Waals surface area contributed by atoms with Crippen LogP contribution in [0.5, 0.6) is 23.0 Å². The predicted octanol–water partition coefficient (Wildman–Crippen LogP) is 7.29. The molecule has 4 saturated heterocycles. The summed E-state index contributed by atoms with van der Waals surface area (Å²) in [5.41, 5.74) is 5.71. The van der Waals surface area contributed by atoms with Crippen molar-refractivity contribution in [2.75, 3.05) is 59.2 Å². The second-order valence-electron chi connectivity index (χ2n) is 33.5. The van der Waals surface area contributed by atoms with Crippen molar-refractivity contribution in [2.24, 2.45) is 5.41 Å². The number of ether oxygens (including phenoxy) is 3. The van der Waals surface area contributed by atoms with Gasteiger partial charge in [-0.25, -0.2) is 23.6 Å². The number of aliphatic hydroxyl groups is 2. The fourth-order valence-electron chi connectivity index (χ4n) is 16.7. The van der Waals surface area contributed by atoms with Gasteiger partial charge in [0, 0.05) is 102 Å². The van der Waals surface area contributed by atoms with E-state index >= 15 is 0 Å². The van der Waals surface area contributed by atoms with Crippen LogP contribution in [0.4, 0.5) is 23.6 Å². The lowest BCUT2D eigenvalue weighted by Gasteiger charge is -2.31. The van der Waals surface area contributed by atoms with E-state index in [0.717, 1.165) is 45.4 Å². The average molecular weight is 1820 g/mol. The zero-order valence-electron chi connectivity index (χ0n) is 72.6. The first-order valence-corrected chi connectivity index (χ1v) is 42.3. The number of phenolic OH excluding ortho intramolecular Hbond substituents is 1. The molecule has 11 heterocycles. The number of halogens is 1. The number of imide groups is 4. The third-order valence-electron chi connectivity index (χ3n) is 23.5. The summed E-state index contributed by atoms with van der Waals surface area (Å²) in [6.45, 7) is 7.52. The molecule has 0 unspecified atom stereocenters. The summed E-state index contributed by atoms with van der Waals surface area (Å²) in [5, 5.41) is 47.1. The number of benzene rings is 8. The SMILES string of the molecule is CC(C)(C)CCOc1ccc2c(c1)CN(C[C@@]1(c3ccc(F)cc3)NC(=O)NC1=O)C2=O.O=C1NC(=O)[C@@](CN2Cc3ccc(OCC#CCO)cc3C2=O)(c2ccc(-c3cnccn3)cc2)N1.O=C1NC(=O)[C@](CN2Cc3ccc(O)cc3C2=O)(c2ccc(-c3cnccn3)cc2)N1.O=C1NC(=O)[C@](CN2Cc3ccc(OCC#CCO)cc3C2=O)(c2ccc(-c3cnccn3)cc2)N1. The molecule has 8 aliphatic rings. The molecule has 4 atom stereocenters. The van der Waals surface area contributed by atoms with Crippen LogP contribution in [0.25, 0.3) is 33.8 Å². The molecular formula is C98H85FN18O18. The van der Waals surface area contributed by atoms with E-state index in [9.17, 15) is 67.0 Å². The van der Waals surface area contributed by atoms with Gasteiger partial charge in [0.25, 0.3) is 47.3 Å². The molecule has 0 radical (unpaired) electrons. The number of aromatic hydroxyl groups is 1. The van der Waals surface area contributed by atoms with E-state index in [4.69, 9.17) is 24.4 Å². The normalized spacial score (nSPS) is 19.1. The number of hydrogen-bond acceptors (Lipinski definition) is 24. The highest BCUT2D eigenvalue weighted by atomic mass is 19.1. The Labute approximate surface area is 769 Å². The Morgan fingerprint density at radius 3 is 1.01 bits per heavy atom. The molecule has 4 fully saturated rings.